The van der Waals surface area contributed by atoms with E-state index >= 15 is 0 Å². The van der Waals surface area contributed by atoms with Gasteiger partial charge in [-0.25, -0.2) is 14.6 Å². The van der Waals surface area contributed by atoms with Crippen molar-refractivity contribution in [1.29, 1.82) is 0 Å². The highest BCUT2D eigenvalue weighted by Gasteiger charge is 2.19. The standard InChI is InChI=1S/C19H22N4O5S/c1-3-28-17(25)15-12(2)20-18(29-15)22-16(24)13-4-6-14(7-5-13)21-19(26)23-8-10-27-11-9-23/h4-7H,3,8-11H2,1-2H3,(H,21,26)(H,20,22,24). The van der Waals surface area contributed by atoms with E-state index < -0.39 is 5.97 Å². The number of esters is 1. The minimum Gasteiger partial charge on any atom is -0.462 e. The molecular weight excluding hydrogens is 396 g/mol. The molecule has 0 bridgehead atoms. The number of nitrogens with zero attached hydrogens (tertiary/aromatic N) is 2. The van der Waals surface area contributed by atoms with Gasteiger partial charge in [0, 0.05) is 24.3 Å². The van der Waals surface area contributed by atoms with Gasteiger partial charge >= 0.3 is 12.0 Å². The number of carbonyl (C=O) groups excluding carboxylic acids is 3. The van der Waals surface area contributed by atoms with Gasteiger partial charge in [-0.05, 0) is 38.1 Å². The van der Waals surface area contributed by atoms with Crippen molar-refractivity contribution >= 4 is 40.1 Å². The lowest BCUT2D eigenvalue weighted by Gasteiger charge is -2.26. The third kappa shape index (κ3) is 5.30. The van der Waals surface area contributed by atoms with Crippen molar-refractivity contribution in [1.82, 2.24) is 9.88 Å². The molecule has 2 heterocycles. The maximum absolute atomic E-state index is 12.4. The molecular formula is C19H22N4O5S. The lowest BCUT2D eigenvalue weighted by atomic mass is 10.2. The first kappa shape index (κ1) is 20.7. The number of amides is 3. The van der Waals surface area contributed by atoms with Crippen LogP contribution >= 0.6 is 11.3 Å². The second kappa shape index (κ2) is 9.48. The van der Waals surface area contributed by atoms with Crippen molar-refractivity contribution in [3.05, 3.63) is 40.4 Å². The molecule has 0 unspecified atom stereocenters. The van der Waals surface area contributed by atoms with Crippen molar-refractivity contribution in [2.75, 3.05) is 43.5 Å². The number of morpholine rings is 1. The number of ether oxygens (including phenoxy) is 2. The van der Waals surface area contributed by atoms with Crippen molar-refractivity contribution in [2.45, 2.75) is 13.8 Å². The molecule has 0 aliphatic carbocycles. The van der Waals surface area contributed by atoms with Crippen molar-refractivity contribution < 1.29 is 23.9 Å². The van der Waals surface area contributed by atoms with Crippen LogP contribution in [0.15, 0.2) is 24.3 Å². The zero-order valence-corrected chi connectivity index (χ0v) is 17.0. The second-order valence-corrected chi connectivity index (χ2v) is 7.21. The molecule has 1 aromatic carbocycles. The van der Waals surface area contributed by atoms with Crippen molar-refractivity contribution in [3.8, 4) is 0 Å². The van der Waals surface area contributed by atoms with Crippen LogP contribution in [0, 0.1) is 6.92 Å². The number of aryl methyl sites for hydroxylation is 1. The first-order valence-corrected chi connectivity index (χ1v) is 9.99. The molecule has 154 valence electrons. The van der Waals surface area contributed by atoms with Gasteiger partial charge < -0.3 is 19.7 Å². The fourth-order valence-corrected chi connectivity index (χ4v) is 3.53. The van der Waals surface area contributed by atoms with Crippen LogP contribution in [-0.2, 0) is 9.47 Å². The Balaban J connectivity index is 1.59. The van der Waals surface area contributed by atoms with E-state index in [0.29, 0.717) is 53.3 Å². The Labute approximate surface area is 172 Å². The van der Waals surface area contributed by atoms with Crippen LogP contribution in [0.1, 0.15) is 32.6 Å². The van der Waals surface area contributed by atoms with E-state index in [2.05, 4.69) is 15.6 Å². The predicted molar refractivity (Wildman–Crippen MR) is 109 cm³/mol. The topological polar surface area (TPSA) is 110 Å². The van der Waals surface area contributed by atoms with Gasteiger partial charge in [0.15, 0.2) is 5.13 Å². The van der Waals surface area contributed by atoms with E-state index in [4.69, 9.17) is 9.47 Å². The Bertz CT molecular complexity index is 891. The Morgan fingerprint density at radius 1 is 1.17 bits per heavy atom. The smallest absolute Gasteiger partial charge is 0.350 e. The molecule has 1 aromatic heterocycles. The predicted octanol–water partition coefficient (Wildman–Crippen LogP) is 2.74. The van der Waals surface area contributed by atoms with Gasteiger partial charge in [-0.2, -0.15) is 0 Å². The fraction of sp³-hybridized carbons (Fsp3) is 0.368. The fourth-order valence-electron chi connectivity index (χ4n) is 2.68. The van der Waals surface area contributed by atoms with Crippen LogP contribution in [0.2, 0.25) is 0 Å². The third-order valence-corrected chi connectivity index (χ3v) is 5.23. The summed E-state index contributed by atoms with van der Waals surface area (Å²) in [5.41, 5.74) is 1.50. The summed E-state index contributed by atoms with van der Waals surface area (Å²) in [7, 11) is 0. The lowest BCUT2D eigenvalue weighted by Crippen LogP contribution is -2.43. The van der Waals surface area contributed by atoms with Crippen LogP contribution < -0.4 is 10.6 Å². The number of urea groups is 1. The van der Waals surface area contributed by atoms with Gasteiger partial charge in [-0.3, -0.25) is 10.1 Å². The first-order valence-electron chi connectivity index (χ1n) is 9.17. The van der Waals surface area contributed by atoms with E-state index in [-0.39, 0.29) is 18.5 Å². The number of carbonyl (C=O) groups is 3. The Morgan fingerprint density at radius 3 is 2.52 bits per heavy atom. The molecule has 3 rings (SSSR count). The van der Waals surface area contributed by atoms with Gasteiger partial charge in [0.05, 0.1) is 25.5 Å². The minimum atomic E-state index is -0.455. The number of benzene rings is 1. The van der Waals surface area contributed by atoms with E-state index in [1.165, 1.54) is 0 Å². The number of thiazole rings is 1. The maximum atomic E-state index is 12.4. The summed E-state index contributed by atoms with van der Waals surface area (Å²) in [5.74, 6) is -0.816. The lowest BCUT2D eigenvalue weighted by molar-refractivity contribution is 0.0531. The molecule has 0 atom stereocenters. The molecule has 0 radical (unpaired) electrons. The number of nitrogens with one attached hydrogen (secondary N) is 2. The summed E-state index contributed by atoms with van der Waals surface area (Å²) >= 11 is 1.07. The molecule has 2 aromatic rings. The van der Waals surface area contributed by atoms with E-state index in [9.17, 15) is 14.4 Å². The normalized spacial score (nSPS) is 13.7. The van der Waals surface area contributed by atoms with Gasteiger partial charge in [-0.15, -0.1) is 0 Å². The van der Waals surface area contributed by atoms with E-state index in [1.54, 1.807) is 43.0 Å². The second-order valence-electron chi connectivity index (χ2n) is 6.22. The number of rotatable bonds is 5. The Morgan fingerprint density at radius 2 is 1.86 bits per heavy atom. The Kier molecular flexibility index (Phi) is 6.78. The molecule has 0 saturated carbocycles. The van der Waals surface area contributed by atoms with Crippen LogP contribution in [-0.4, -0.2) is 60.7 Å². The third-order valence-electron chi connectivity index (χ3n) is 4.17. The highest BCUT2D eigenvalue weighted by Crippen LogP contribution is 2.24. The summed E-state index contributed by atoms with van der Waals surface area (Å²) < 4.78 is 10.2. The molecule has 29 heavy (non-hydrogen) atoms. The Hall–Kier alpha value is -2.98. The molecule has 1 saturated heterocycles. The zero-order chi connectivity index (χ0) is 20.8. The van der Waals surface area contributed by atoms with Gasteiger partial charge in [0.25, 0.3) is 5.91 Å². The molecule has 10 heteroatoms. The van der Waals surface area contributed by atoms with Crippen molar-refractivity contribution in [3.63, 3.8) is 0 Å². The summed E-state index contributed by atoms with van der Waals surface area (Å²) in [4.78, 5) is 42.7. The van der Waals surface area contributed by atoms with E-state index in [1.807, 2.05) is 0 Å². The average Bonchev–Trinajstić information content (AvgIpc) is 3.09. The van der Waals surface area contributed by atoms with Crippen molar-refractivity contribution in [2.24, 2.45) is 0 Å². The summed E-state index contributed by atoms with van der Waals surface area (Å²) in [5, 5.41) is 5.80. The molecule has 0 spiro atoms. The van der Waals surface area contributed by atoms with Crippen LogP contribution in [0.5, 0.6) is 0 Å². The number of hydrogen-bond acceptors (Lipinski definition) is 7. The molecule has 9 nitrogen and oxygen atoms in total. The molecule has 3 amide bonds. The molecule has 1 fully saturated rings. The molecule has 1 aliphatic heterocycles. The average molecular weight is 418 g/mol. The van der Waals surface area contributed by atoms with Gasteiger partial charge in [-0.1, -0.05) is 11.3 Å². The monoisotopic (exact) mass is 418 g/mol. The van der Waals surface area contributed by atoms with Crippen LogP contribution in [0.25, 0.3) is 0 Å². The maximum Gasteiger partial charge on any atom is 0.350 e. The number of hydrogen-bond donors (Lipinski definition) is 2. The van der Waals surface area contributed by atoms with Crippen LogP contribution in [0.4, 0.5) is 15.6 Å². The number of aromatic nitrogens is 1. The quantitative estimate of drug-likeness (QED) is 0.723. The minimum absolute atomic E-state index is 0.199. The highest BCUT2D eigenvalue weighted by atomic mass is 32.1. The summed E-state index contributed by atoms with van der Waals surface area (Å²) in [6.45, 7) is 5.84. The highest BCUT2D eigenvalue weighted by molar-refractivity contribution is 7.17. The SMILES string of the molecule is CCOC(=O)c1sc(NC(=O)c2ccc(NC(=O)N3CCOCC3)cc2)nc1C. The molecule has 2 N–H and O–H groups in total. The first-order chi connectivity index (χ1) is 14.0. The van der Waals surface area contributed by atoms with E-state index in [0.717, 1.165) is 11.3 Å². The number of anilines is 2. The van der Waals surface area contributed by atoms with Crippen LogP contribution in [0.3, 0.4) is 0 Å². The zero-order valence-electron chi connectivity index (χ0n) is 16.2. The largest absolute Gasteiger partial charge is 0.462 e. The summed E-state index contributed by atoms with van der Waals surface area (Å²) in [6, 6.07) is 6.33. The summed E-state index contributed by atoms with van der Waals surface area (Å²) in [6.07, 6.45) is 0. The molecule has 1 aliphatic rings. The van der Waals surface area contributed by atoms with Gasteiger partial charge in [0.2, 0.25) is 0 Å². The van der Waals surface area contributed by atoms with Gasteiger partial charge in [0.1, 0.15) is 4.88 Å².